The molecule has 3 rings (SSSR count). The molecular weight excluding hydrogens is 328 g/mol. The Hall–Kier alpha value is -1.81. The van der Waals surface area contributed by atoms with Crippen molar-refractivity contribution in [3.05, 3.63) is 63.6 Å². The lowest BCUT2D eigenvalue weighted by molar-refractivity contribution is 0.0950. The van der Waals surface area contributed by atoms with Crippen LogP contribution in [0.15, 0.2) is 46.9 Å². The van der Waals surface area contributed by atoms with E-state index in [0.717, 1.165) is 46.2 Å². The van der Waals surface area contributed by atoms with Gasteiger partial charge in [0, 0.05) is 28.8 Å². The third-order valence-electron chi connectivity index (χ3n) is 3.74. The molecule has 0 bridgehead atoms. The molecule has 0 fully saturated rings. The number of carbonyl (C=O) groups is 1. The number of anilines is 1. The molecule has 1 heterocycles. The largest absolute Gasteiger partial charge is 0.385 e. The Morgan fingerprint density at radius 2 is 2.05 bits per heavy atom. The number of hydrogen-bond donors (Lipinski definition) is 2. The van der Waals surface area contributed by atoms with E-state index >= 15 is 0 Å². The standard InChI is InChI=1S/C17H17BrN2O/c18-15-8-2-1-5-12(15)11-20-17(21)14-6-3-9-16-13(14)7-4-10-19-16/h1-3,5-6,8-9,19H,4,7,10-11H2,(H,20,21). The van der Waals surface area contributed by atoms with Crippen LogP contribution in [0.4, 0.5) is 5.69 Å². The lowest BCUT2D eigenvalue weighted by Crippen LogP contribution is -2.25. The van der Waals surface area contributed by atoms with Crippen molar-refractivity contribution in [2.24, 2.45) is 0 Å². The number of nitrogens with one attached hydrogen (secondary N) is 2. The molecule has 1 aliphatic rings. The molecule has 0 saturated heterocycles. The molecule has 0 spiro atoms. The lowest BCUT2D eigenvalue weighted by atomic mass is 9.97. The van der Waals surface area contributed by atoms with Gasteiger partial charge in [0.15, 0.2) is 0 Å². The number of halogens is 1. The van der Waals surface area contributed by atoms with Crippen LogP contribution in [0, 0.1) is 0 Å². The van der Waals surface area contributed by atoms with Gasteiger partial charge in [-0.3, -0.25) is 4.79 Å². The Labute approximate surface area is 132 Å². The maximum atomic E-state index is 12.4. The van der Waals surface area contributed by atoms with Gasteiger partial charge in [-0.1, -0.05) is 40.2 Å². The SMILES string of the molecule is O=C(NCc1ccccc1Br)c1cccc2c1CCCN2. The first-order valence-corrected chi connectivity index (χ1v) is 7.92. The highest BCUT2D eigenvalue weighted by Gasteiger charge is 2.17. The van der Waals surface area contributed by atoms with E-state index in [4.69, 9.17) is 0 Å². The molecule has 3 nitrogen and oxygen atoms in total. The van der Waals surface area contributed by atoms with Crippen molar-refractivity contribution in [2.45, 2.75) is 19.4 Å². The summed E-state index contributed by atoms with van der Waals surface area (Å²) in [6.45, 7) is 1.51. The molecule has 108 valence electrons. The van der Waals surface area contributed by atoms with E-state index < -0.39 is 0 Å². The summed E-state index contributed by atoms with van der Waals surface area (Å²) in [5.74, 6) is -0.00805. The molecule has 21 heavy (non-hydrogen) atoms. The summed E-state index contributed by atoms with van der Waals surface area (Å²) >= 11 is 3.50. The first-order chi connectivity index (χ1) is 10.3. The van der Waals surface area contributed by atoms with Gasteiger partial charge in [-0.05, 0) is 42.2 Å². The average Bonchev–Trinajstić information content (AvgIpc) is 2.53. The second-order valence-electron chi connectivity index (χ2n) is 5.14. The first kappa shape index (κ1) is 14.1. The van der Waals surface area contributed by atoms with Crippen molar-refractivity contribution >= 4 is 27.5 Å². The van der Waals surface area contributed by atoms with E-state index in [1.165, 1.54) is 0 Å². The molecule has 0 radical (unpaired) electrons. The molecule has 0 aromatic heterocycles. The van der Waals surface area contributed by atoms with E-state index in [2.05, 4.69) is 26.6 Å². The minimum absolute atomic E-state index is 0.00805. The second kappa shape index (κ2) is 6.31. The number of amides is 1. The fraction of sp³-hybridized carbons (Fsp3) is 0.235. The van der Waals surface area contributed by atoms with Gasteiger partial charge in [-0.15, -0.1) is 0 Å². The minimum Gasteiger partial charge on any atom is -0.385 e. The van der Waals surface area contributed by atoms with Gasteiger partial charge in [0.25, 0.3) is 5.91 Å². The Balaban J connectivity index is 1.76. The average molecular weight is 345 g/mol. The summed E-state index contributed by atoms with van der Waals surface area (Å²) in [4.78, 5) is 12.4. The lowest BCUT2D eigenvalue weighted by Gasteiger charge is -2.20. The van der Waals surface area contributed by atoms with Gasteiger partial charge in [-0.25, -0.2) is 0 Å². The van der Waals surface area contributed by atoms with Crippen LogP contribution in [-0.2, 0) is 13.0 Å². The van der Waals surface area contributed by atoms with E-state index in [0.29, 0.717) is 6.54 Å². The van der Waals surface area contributed by atoms with Crippen LogP contribution in [0.3, 0.4) is 0 Å². The molecule has 2 aromatic rings. The number of fused-ring (bicyclic) bond motifs is 1. The highest BCUT2D eigenvalue weighted by atomic mass is 79.9. The zero-order chi connectivity index (χ0) is 14.7. The van der Waals surface area contributed by atoms with Crippen molar-refractivity contribution in [3.8, 4) is 0 Å². The normalized spacial score (nSPS) is 13.2. The number of carbonyl (C=O) groups excluding carboxylic acids is 1. The van der Waals surface area contributed by atoms with Crippen molar-refractivity contribution in [2.75, 3.05) is 11.9 Å². The molecule has 1 amide bonds. The second-order valence-corrected chi connectivity index (χ2v) is 5.99. The molecule has 1 aliphatic heterocycles. The Morgan fingerprint density at radius 3 is 2.90 bits per heavy atom. The van der Waals surface area contributed by atoms with Crippen LogP contribution < -0.4 is 10.6 Å². The predicted molar refractivity (Wildman–Crippen MR) is 88.6 cm³/mol. The topological polar surface area (TPSA) is 41.1 Å². The highest BCUT2D eigenvalue weighted by Crippen LogP contribution is 2.25. The van der Waals surface area contributed by atoms with Gasteiger partial charge in [0.2, 0.25) is 0 Å². The van der Waals surface area contributed by atoms with Gasteiger partial charge in [0.1, 0.15) is 0 Å². The highest BCUT2D eigenvalue weighted by molar-refractivity contribution is 9.10. The van der Waals surface area contributed by atoms with Crippen LogP contribution in [0.5, 0.6) is 0 Å². The van der Waals surface area contributed by atoms with Crippen LogP contribution in [0.2, 0.25) is 0 Å². The van der Waals surface area contributed by atoms with Crippen LogP contribution in [0.1, 0.15) is 27.9 Å². The number of hydrogen-bond acceptors (Lipinski definition) is 2. The molecular formula is C17H17BrN2O. The summed E-state index contributed by atoms with van der Waals surface area (Å²) in [5, 5.41) is 6.36. The van der Waals surface area contributed by atoms with E-state index in [9.17, 15) is 4.79 Å². The summed E-state index contributed by atoms with van der Waals surface area (Å²) in [6, 6.07) is 13.8. The number of rotatable bonds is 3. The van der Waals surface area contributed by atoms with Crippen LogP contribution >= 0.6 is 15.9 Å². The zero-order valence-corrected chi connectivity index (χ0v) is 13.2. The van der Waals surface area contributed by atoms with Gasteiger partial charge >= 0.3 is 0 Å². The monoisotopic (exact) mass is 344 g/mol. The van der Waals surface area contributed by atoms with Crippen molar-refractivity contribution in [1.82, 2.24) is 5.32 Å². The predicted octanol–water partition coefficient (Wildman–Crippen LogP) is 3.74. The van der Waals surface area contributed by atoms with Gasteiger partial charge in [-0.2, -0.15) is 0 Å². The summed E-state index contributed by atoms with van der Waals surface area (Å²) in [7, 11) is 0. The van der Waals surface area contributed by atoms with Crippen LogP contribution in [0.25, 0.3) is 0 Å². The van der Waals surface area contributed by atoms with Crippen molar-refractivity contribution in [3.63, 3.8) is 0 Å². The summed E-state index contributed by atoms with van der Waals surface area (Å²) < 4.78 is 1.02. The van der Waals surface area contributed by atoms with Gasteiger partial charge in [0.05, 0.1) is 0 Å². The Kier molecular flexibility index (Phi) is 4.25. The van der Waals surface area contributed by atoms with Crippen molar-refractivity contribution in [1.29, 1.82) is 0 Å². The molecule has 2 aromatic carbocycles. The molecule has 0 atom stereocenters. The smallest absolute Gasteiger partial charge is 0.251 e. The van der Waals surface area contributed by atoms with Gasteiger partial charge < -0.3 is 10.6 Å². The fourth-order valence-electron chi connectivity index (χ4n) is 2.64. The molecule has 0 aliphatic carbocycles. The Bertz CT molecular complexity index is 670. The summed E-state index contributed by atoms with van der Waals surface area (Å²) in [5.41, 5.74) is 4.09. The van der Waals surface area contributed by atoms with E-state index in [1.54, 1.807) is 0 Å². The minimum atomic E-state index is -0.00805. The Morgan fingerprint density at radius 1 is 1.19 bits per heavy atom. The van der Waals surface area contributed by atoms with E-state index in [-0.39, 0.29) is 5.91 Å². The van der Waals surface area contributed by atoms with Crippen molar-refractivity contribution < 1.29 is 4.79 Å². The number of benzene rings is 2. The molecule has 0 unspecified atom stereocenters. The molecule has 2 N–H and O–H groups in total. The molecule has 0 saturated carbocycles. The third-order valence-corrected chi connectivity index (χ3v) is 4.51. The molecule has 4 heteroatoms. The first-order valence-electron chi connectivity index (χ1n) is 7.13. The van der Waals surface area contributed by atoms with Crippen LogP contribution in [-0.4, -0.2) is 12.5 Å². The maximum Gasteiger partial charge on any atom is 0.251 e. The van der Waals surface area contributed by atoms with E-state index in [1.807, 2.05) is 42.5 Å². The quantitative estimate of drug-likeness (QED) is 0.890. The fourth-order valence-corrected chi connectivity index (χ4v) is 3.06. The summed E-state index contributed by atoms with van der Waals surface area (Å²) in [6.07, 6.45) is 2.03. The third kappa shape index (κ3) is 3.10. The maximum absolute atomic E-state index is 12.4. The zero-order valence-electron chi connectivity index (χ0n) is 11.7.